The highest BCUT2D eigenvalue weighted by Crippen LogP contribution is 2.16. The van der Waals surface area contributed by atoms with E-state index in [-0.39, 0.29) is 6.09 Å². The molecule has 1 amide bonds. The van der Waals surface area contributed by atoms with Crippen LogP contribution in [0.25, 0.3) is 0 Å². The molecule has 0 aromatic heterocycles. The molecule has 0 fully saturated rings. The van der Waals surface area contributed by atoms with Crippen molar-refractivity contribution in [3.05, 3.63) is 12.2 Å². The molecule has 0 heterocycles. The average molecular weight is 237 g/mol. The number of carbonyl (C=O) groups excluding carboxylic acids is 1. The largest absolute Gasteiger partial charge is 0.444 e. The van der Waals surface area contributed by atoms with Gasteiger partial charge in [-0.1, -0.05) is 18.4 Å². The lowest BCUT2D eigenvalue weighted by molar-refractivity contribution is 0.0186. The van der Waals surface area contributed by atoms with Crippen LogP contribution < -0.4 is 0 Å². The number of hydrogen-bond donors (Lipinski definition) is 0. The Morgan fingerprint density at radius 2 is 1.71 bits per heavy atom. The van der Waals surface area contributed by atoms with Gasteiger partial charge in [0.25, 0.3) is 0 Å². The maximum Gasteiger partial charge on any atom is 0.411 e. The Morgan fingerprint density at radius 1 is 1.24 bits per heavy atom. The summed E-state index contributed by atoms with van der Waals surface area (Å²) in [6, 6.07) is 0. The van der Waals surface area contributed by atoms with Crippen molar-refractivity contribution in [1.29, 1.82) is 0 Å². The molecule has 0 aromatic rings. The van der Waals surface area contributed by atoms with Gasteiger partial charge in [0.1, 0.15) is 11.1 Å². The van der Waals surface area contributed by atoms with E-state index >= 15 is 0 Å². The van der Waals surface area contributed by atoms with Gasteiger partial charge in [-0.3, -0.25) is 4.90 Å². The lowest BCUT2D eigenvalue weighted by atomic mass is 10.0. The van der Waals surface area contributed by atoms with Crippen LogP contribution in [0.4, 0.5) is 4.79 Å². The van der Waals surface area contributed by atoms with Crippen molar-refractivity contribution in [2.24, 2.45) is 0 Å². The van der Waals surface area contributed by atoms with Crippen molar-refractivity contribution in [3.8, 4) is 11.8 Å². The number of allylic oxidation sites excluding steroid dienone is 1. The van der Waals surface area contributed by atoms with Crippen molar-refractivity contribution in [2.45, 2.75) is 52.7 Å². The van der Waals surface area contributed by atoms with Crippen LogP contribution in [0.15, 0.2) is 12.2 Å². The van der Waals surface area contributed by atoms with Crippen molar-refractivity contribution in [1.82, 2.24) is 4.90 Å². The van der Waals surface area contributed by atoms with E-state index in [0.717, 1.165) is 5.57 Å². The number of amides is 1. The van der Waals surface area contributed by atoms with Crippen LogP contribution in [0.2, 0.25) is 0 Å². The van der Waals surface area contributed by atoms with Gasteiger partial charge in [0.2, 0.25) is 0 Å². The molecule has 0 rings (SSSR count). The van der Waals surface area contributed by atoms with Gasteiger partial charge in [-0.25, -0.2) is 4.79 Å². The molecule has 0 aromatic carbocycles. The minimum atomic E-state index is -0.582. The fraction of sp³-hybridized carbons (Fsp3) is 0.643. The second kappa shape index (κ2) is 5.27. The van der Waals surface area contributed by atoms with Crippen LogP contribution in [-0.2, 0) is 4.74 Å². The lowest BCUT2D eigenvalue weighted by Gasteiger charge is -2.32. The summed E-state index contributed by atoms with van der Waals surface area (Å²) in [4.78, 5) is 13.4. The first-order valence-corrected chi connectivity index (χ1v) is 5.61. The van der Waals surface area contributed by atoms with Crippen LogP contribution in [0.3, 0.4) is 0 Å². The van der Waals surface area contributed by atoms with Crippen molar-refractivity contribution in [2.75, 3.05) is 7.05 Å². The van der Waals surface area contributed by atoms with Crippen molar-refractivity contribution < 1.29 is 9.53 Å². The SMILES string of the molecule is C=C(C)C#CC(C)(C)N(C)C(=O)OC(C)(C)C. The van der Waals surface area contributed by atoms with Gasteiger partial charge >= 0.3 is 6.09 Å². The summed E-state index contributed by atoms with van der Waals surface area (Å²) in [6.07, 6.45) is -0.376. The molecule has 0 aliphatic carbocycles. The van der Waals surface area contributed by atoms with E-state index in [9.17, 15) is 4.79 Å². The van der Waals surface area contributed by atoms with E-state index in [1.54, 1.807) is 7.05 Å². The highest BCUT2D eigenvalue weighted by Gasteiger charge is 2.29. The van der Waals surface area contributed by atoms with E-state index in [1.807, 2.05) is 41.5 Å². The zero-order valence-electron chi connectivity index (χ0n) is 12.0. The number of nitrogens with zero attached hydrogens (tertiary/aromatic N) is 1. The van der Waals surface area contributed by atoms with Gasteiger partial charge in [-0.05, 0) is 47.1 Å². The molecular weight excluding hydrogens is 214 g/mol. The third kappa shape index (κ3) is 6.01. The number of ether oxygens (including phenoxy) is 1. The zero-order valence-corrected chi connectivity index (χ0v) is 12.0. The van der Waals surface area contributed by atoms with Crippen LogP contribution >= 0.6 is 0 Å². The van der Waals surface area contributed by atoms with E-state index in [1.165, 1.54) is 4.90 Å². The van der Waals surface area contributed by atoms with Gasteiger partial charge < -0.3 is 4.74 Å². The number of rotatable bonds is 1. The Morgan fingerprint density at radius 3 is 2.06 bits per heavy atom. The van der Waals surface area contributed by atoms with Gasteiger partial charge in [0.15, 0.2) is 0 Å². The van der Waals surface area contributed by atoms with Gasteiger partial charge in [0, 0.05) is 7.05 Å². The van der Waals surface area contributed by atoms with Gasteiger partial charge in [-0.2, -0.15) is 0 Å². The summed E-state index contributed by atoms with van der Waals surface area (Å²) in [6.45, 7) is 14.8. The molecule has 0 aliphatic heterocycles. The molecule has 3 heteroatoms. The molecule has 17 heavy (non-hydrogen) atoms. The summed E-state index contributed by atoms with van der Waals surface area (Å²) in [7, 11) is 1.68. The van der Waals surface area contributed by atoms with Crippen molar-refractivity contribution in [3.63, 3.8) is 0 Å². The molecule has 96 valence electrons. The van der Waals surface area contributed by atoms with Gasteiger partial charge in [-0.15, -0.1) is 0 Å². The molecule has 0 spiro atoms. The van der Waals surface area contributed by atoms with Crippen LogP contribution in [0.5, 0.6) is 0 Å². The normalized spacial score (nSPS) is 11.2. The highest BCUT2D eigenvalue weighted by atomic mass is 16.6. The molecule has 0 bridgehead atoms. The molecule has 0 radical (unpaired) electrons. The van der Waals surface area contributed by atoms with E-state index in [0.29, 0.717) is 0 Å². The molecular formula is C14H23NO2. The summed E-state index contributed by atoms with van der Waals surface area (Å²) in [5.74, 6) is 5.89. The lowest BCUT2D eigenvalue weighted by Crippen LogP contribution is -2.46. The van der Waals surface area contributed by atoms with Gasteiger partial charge in [0.05, 0.1) is 0 Å². The summed E-state index contributed by atoms with van der Waals surface area (Å²) in [5.41, 5.74) is -0.305. The standard InChI is InChI=1S/C14H23NO2/c1-11(2)9-10-14(6,7)15(8)12(16)17-13(3,4)5/h1H2,2-8H3. The van der Waals surface area contributed by atoms with E-state index < -0.39 is 11.1 Å². The Kier molecular flexibility index (Phi) is 4.82. The number of carbonyl (C=O) groups is 1. The Hall–Kier alpha value is -1.43. The third-order valence-corrected chi connectivity index (χ3v) is 2.09. The fourth-order valence-electron chi connectivity index (χ4n) is 0.902. The smallest absolute Gasteiger partial charge is 0.411 e. The second-order valence-electron chi connectivity index (χ2n) is 5.63. The minimum absolute atomic E-state index is 0.376. The van der Waals surface area contributed by atoms with Crippen molar-refractivity contribution >= 4 is 6.09 Å². The first-order chi connectivity index (χ1) is 7.46. The maximum absolute atomic E-state index is 11.9. The van der Waals surface area contributed by atoms with E-state index in [4.69, 9.17) is 4.74 Å². The number of hydrogen-bond acceptors (Lipinski definition) is 2. The monoisotopic (exact) mass is 237 g/mol. The Bertz CT molecular complexity index is 364. The summed E-state index contributed by atoms with van der Waals surface area (Å²) < 4.78 is 5.29. The first-order valence-electron chi connectivity index (χ1n) is 5.61. The van der Waals surface area contributed by atoms with Crippen LogP contribution in [0, 0.1) is 11.8 Å². The molecule has 0 saturated heterocycles. The topological polar surface area (TPSA) is 29.5 Å². The molecule has 0 N–H and O–H groups in total. The maximum atomic E-state index is 11.9. The predicted molar refractivity (Wildman–Crippen MR) is 70.7 cm³/mol. The molecule has 0 unspecified atom stereocenters. The quantitative estimate of drug-likeness (QED) is 0.655. The molecule has 0 aliphatic rings. The highest BCUT2D eigenvalue weighted by molar-refractivity contribution is 5.69. The molecule has 3 nitrogen and oxygen atoms in total. The average Bonchev–Trinajstić information content (AvgIpc) is 2.11. The first kappa shape index (κ1) is 15.6. The summed E-state index contributed by atoms with van der Waals surface area (Å²) >= 11 is 0. The van der Waals surface area contributed by atoms with Crippen LogP contribution in [0.1, 0.15) is 41.5 Å². The Balaban J connectivity index is 4.81. The Labute approximate surface area is 105 Å². The second-order valence-corrected chi connectivity index (χ2v) is 5.63. The third-order valence-electron chi connectivity index (χ3n) is 2.09. The molecule has 0 saturated carbocycles. The molecule has 0 atom stereocenters. The minimum Gasteiger partial charge on any atom is -0.444 e. The predicted octanol–water partition coefficient (Wildman–Crippen LogP) is 3.21. The zero-order chi connectivity index (χ0) is 13.9. The fourth-order valence-corrected chi connectivity index (χ4v) is 0.902. The van der Waals surface area contributed by atoms with E-state index in [2.05, 4.69) is 18.4 Å². The summed E-state index contributed by atoms with van der Waals surface area (Å²) in [5, 5.41) is 0. The van der Waals surface area contributed by atoms with Crippen LogP contribution in [-0.4, -0.2) is 29.2 Å².